The third-order valence-electron chi connectivity index (χ3n) is 4.80. The normalized spacial score (nSPS) is 10.8. The molecule has 0 atom stereocenters. The number of hydrogen-bond donors (Lipinski definition) is 3. The molecule has 144 valence electrons. The Morgan fingerprint density at radius 3 is 2.59 bits per heavy atom. The van der Waals surface area contributed by atoms with E-state index in [1.807, 2.05) is 54.6 Å². The molecule has 5 heteroatoms. The molecular weight excluding hydrogens is 362 g/mol. The van der Waals surface area contributed by atoms with Gasteiger partial charge >= 0.3 is 0 Å². The largest absolute Gasteiger partial charge is 0.489 e. The lowest BCUT2D eigenvalue weighted by Crippen LogP contribution is -2.06. The van der Waals surface area contributed by atoms with Crippen LogP contribution < -0.4 is 10.5 Å². The number of ketones is 1. The summed E-state index contributed by atoms with van der Waals surface area (Å²) in [5, 5.41) is 8.72. The first-order valence-electron chi connectivity index (χ1n) is 9.30. The molecule has 0 spiro atoms. The van der Waals surface area contributed by atoms with Crippen molar-refractivity contribution in [3.8, 4) is 5.75 Å². The molecule has 0 bridgehead atoms. The van der Waals surface area contributed by atoms with Crippen LogP contribution in [0.25, 0.3) is 10.9 Å². The minimum Gasteiger partial charge on any atom is -0.489 e. The van der Waals surface area contributed by atoms with E-state index in [-0.39, 0.29) is 5.78 Å². The van der Waals surface area contributed by atoms with Gasteiger partial charge in [0, 0.05) is 33.4 Å². The maximum Gasteiger partial charge on any atom is 0.209 e. The quantitative estimate of drug-likeness (QED) is 0.250. The van der Waals surface area contributed by atoms with E-state index in [1.54, 1.807) is 25.1 Å². The number of anilines is 1. The average molecular weight is 383 g/mol. The number of nitrogens with one attached hydrogen (secondary N) is 2. The molecule has 4 rings (SSSR count). The number of hydrogen-bond acceptors (Lipinski definition) is 4. The Labute approximate surface area is 168 Å². The SMILES string of the molecule is CC(=N)c1cc(C(=O)c2cc3cc(OCc4ccccc4)ccc3[nH]2)ccc1N. The molecule has 0 saturated carbocycles. The number of aromatic nitrogens is 1. The molecule has 1 heterocycles. The number of nitrogens with two attached hydrogens (primary N) is 1. The van der Waals surface area contributed by atoms with Crippen molar-refractivity contribution >= 4 is 28.1 Å². The summed E-state index contributed by atoms with van der Waals surface area (Å²) in [7, 11) is 0. The number of aromatic amines is 1. The predicted octanol–water partition coefficient (Wildman–Crippen LogP) is 4.95. The predicted molar refractivity (Wildman–Crippen MR) is 116 cm³/mol. The Kier molecular flexibility index (Phi) is 4.87. The van der Waals surface area contributed by atoms with Gasteiger partial charge < -0.3 is 20.9 Å². The highest BCUT2D eigenvalue weighted by molar-refractivity contribution is 6.12. The van der Waals surface area contributed by atoms with Crippen molar-refractivity contribution < 1.29 is 9.53 Å². The number of ether oxygens (including phenoxy) is 1. The molecular formula is C24H21N3O2. The van der Waals surface area contributed by atoms with Crippen molar-refractivity contribution in [2.45, 2.75) is 13.5 Å². The van der Waals surface area contributed by atoms with Crippen molar-refractivity contribution in [1.82, 2.24) is 4.98 Å². The zero-order valence-corrected chi connectivity index (χ0v) is 16.0. The third kappa shape index (κ3) is 3.89. The van der Waals surface area contributed by atoms with E-state index in [0.29, 0.717) is 34.8 Å². The Morgan fingerprint density at radius 1 is 1.03 bits per heavy atom. The van der Waals surface area contributed by atoms with Gasteiger partial charge in [-0.1, -0.05) is 30.3 Å². The molecule has 0 aliphatic carbocycles. The first kappa shape index (κ1) is 18.5. The molecule has 29 heavy (non-hydrogen) atoms. The molecule has 1 aromatic heterocycles. The minimum absolute atomic E-state index is 0.143. The lowest BCUT2D eigenvalue weighted by molar-refractivity contribution is 0.103. The molecule has 0 saturated heterocycles. The van der Waals surface area contributed by atoms with Gasteiger partial charge in [0.1, 0.15) is 12.4 Å². The molecule has 3 aromatic carbocycles. The Bertz CT molecular complexity index is 1210. The van der Waals surface area contributed by atoms with Crippen LogP contribution in [0.1, 0.15) is 34.1 Å². The summed E-state index contributed by atoms with van der Waals surface area (Å²) in [6, 6.07) is 22.5. The van der Waals surface area contributed by atoms with Gasteiger partial charge in [0.05, 0.1) is 5.69 Å². The second-order valence-electron chi connectivity index (χ2n) is 6.96. The van der Waals surface area contributed by atoms with Crippen LogP contribution >= 0.6 is 0 Å². The Hall–Kier alpha value is -3.86. The van der Waals surface area contributed by atoms with Crippen LogP contribution in [0.2, 0.25) is 0 Å². The molecule has 4 N–H and O–H groups in total. The van der Waals surface area contributed by atoms with E-state index >= 15 is 0 Å². The number of fused-ring (bicyclic) bond motifs is 1. The van der Waals surface area contributed by atoms with Crippen LogP contribution in [-0.2, 0) is 6.61 Å². The fraction of sp³-hybridized carbons (Fsp3) is 0.0833. The van der Waals surface area contributed by atoms with Crippen LogP contribution in [0.5, 0.6) is 5.75 Å². The highest BCUT2D eigenvalue weighted by atomic mass is 16.5. The zero-order valence-electron chi connectivity index (χ0n) is 16.0. The van der Waals surface area contributed by atoms with Gasteiger partial charge in [-0.3, -0.25) is 4.79 Å². The smallest absolute Gasteiger partial charge is 0.209 e. The highest BCUT2D eigenvalue weighted by Gasteiger charge is 2.15. The number of H-pyrrole nitrogens is 1. The molecule has 4 aromatic rings. The van der Waals surface area contributed by atoms with Crippen molar-refractivity contribution in [2.24, 2.45) is 0 Å². The number of nitrogen functional groups attached to an aromatic ring is 1. The summed E-state index contributed by atoms with van der Waals surface area (Å²) in [5.74, 6) is 0.601. The van der Waals surface area contributed by atoms with E-state index in [2.05, 4.69) is 4.98 Å². The molecule has 0 amide bonds. The van der Waals surface area contributed by atoms with E-state index in [1.165, 1.54) is 0 Å². The van der Waals surface area contributed by atoms with Gasteiger partial charge in [0.2, 0.25) is 5.78 Å². The van der Waals surface area contributed by atoms with Crippen molar-refractivity contribution in [1.29, 1.82) is 5.41 Å². The molecule has 0 aliphatic heterocycles. The summed E-state index contributed by atoms with van der Waals surface area (Å²) in [4.78, 5) is 16.1. The van der Waals surface area contributed by atoms with Gasteiger partial charge in [0.25, 0.3) is 0 Å². The average Bonchev–Trinajstić information content (AvgIpc) is 3.16. The van der Waals surface area contributed by atoms with E-state index in [9.17, 15) is 4.79 Å². The van der Waals surface area contributed by atoms with Crippen LogP contribution in [0.3, 0.4) is 0 Å². The second-order valence-corrected chi connectivity index (χ2v) is 6.96. The van der Waals surface area contributed by atoms with Gasteiger partial charge in [-0.15, -0.1) is 0 Å². The molecule has 0 fully saturated rings. The fourth-order valence-corrected chi connectivity index (χ4v) is 3.24. The van der Waals surface area contributed by atoms with Crippen LogP contribution in [0.4, 0.5) is 5.69 Å². The zero-order chi connectivity index (χ0) is 20.4. The standard InChI is InChI=1S/C24H21N3O2/c1-15(25)20-12-17(7-9-21(20)26)24(28)23-13-18-11-19(8-10-22(18)27-23)29-14-16-5-3-2-4-6-16/h2-13,25,27H,14,26H2,1H3. The van der Waals surface area contributed by atoms with Crippen molar-refractivity contribution in [2.75, 3.05) is 5.73 Å². The van der Waals surface area contributed by atoms with Crippen LogP contribution in [0, 0.1) is 5.41 Å². The second kappa shape index (κ2) is 7.64. The lowest BCUT2D eigenvalue weighted by Gasteiger charge is -2.06. The monoisotopic (exact) mass is 383 g/mol. The van der Waals surface area contributed by atoms with Crippen LogP contribution in [-0.4, -0.2) is 16.5 Å². The summed E-state index contributed by atoms with van der Waals surface area (Å²) >= 11 is 0. The summed E-state index contributed by atoms with van der Waals surface area (Å²) in [6.07, 6.45) is 0. The number of rotatable bonds is 6. The van der Waals surface area contributed by atoms with Crippen LogP contribution in [0.15, 0.2) is 72.8 Å². The number of carbonyl (C=O) groups is 1. The van der Waals surface area contributed by atoms with Crippen molar-refractivity contribution in [3.63, 3.8) is 0 Å². The maximum atomic E-state index is 12.9. The molecule has 0 aliphatic rings. The summed E-state index contributed by atoms with van der Waals surface area (Å²) < 4.78 is 5.87. The topological polar surface area (TPSA) is 92.0 Å². The first-order valence-corrected chi connectivity index (χ1v) is 9.30. The lowest BCUT2D eigenvalue weighted by atomic mass is 10.0. The van der Waals surface area contributed by atoms with Crippen molar-refractivity contribution in [3.05, 3.63) is 95.2 Å². The number of carbonyl (C=O) groups excluding carboxylic acids is 1. The summed E-state index contributed by atoms with van der Waals surface area (Å²) in [6.45, 7) is 2.14. The Balaban J connectivity index is 1.58. The van der Waals surface area contributed by atoms with Gasteiger partial charge in [-0.25, -0.2) is 0 Å². The third-order valence-corrected chi connectivity index (χ3v) is 4.80. The Morgan fingerprint density at radius 2 is 1.83 bits per heavy atom. The minimum atomic E-state index is -0.143. The maximum absolute atomic E-state index is 12.9. The summed E-state index contributed by atoms with van der Waals surface area (Å²) in [5.41, 5.74) is 10.2. The van der Waals surface area contributed by atoms with E-state index < -0.39 is 0 Å². The van der Waals surface area contributed by atoms with E-state index in [4.69, 9.17) is 15.9 Å². The number of benzene rings is 3. The fourth-order valence-electron chi connectivity index (χ4n) is 3.24. The molecule has 5 nitrogen and oxygen atoms in total. The van der Waals surface area contributed by atoms with Gasteiger partial charge in [-0.05, 0) is 55.0 Å². The highest BCUT2D eigenvalue weighted by Crippen LogP contribution is 2.24. The van der Waals surface area contributed by atoms with Gasteiger partial charge in [-0.2, -0.15) is 0 Å². The van der Waals surface area contributed by atoms with E-state index in [0.717, 1.165) is 22.2 Å². The first-order chi connectivity index (χ1) is 14.0. The molecule has 0 unspecified atom stereocenters. The van der Waals surface area contributed by atoms with Gasteiger partial charge in [0.15, 0.2) is 0 Å². The molecule has 0 radical (unpaired) electrons.